The molecular weight excluding hydrogens is 325 g/mol. The highest BCUT2D eigenvalue weighted by Crippen LogP contribution is 2.23. The van der Waals surface area contributed by atoms with Gasteiger partial charge >= 0.3 is 0 Å². The lowest BCUT2D eigenvalue weighted by Gasteiger charge is -2.07. The molecule has 3 aromatic rings. The number of fused-ring (bicyclic) bond motifs is 1. The molecule has 0 aliphatic heterocycles. The quantitative estimate of drug-likeness (QED) is 0.753. The van der Waals surface area contributed by atoms with Crippen LogP contribution in [0.4, 0.5) is 5.69 Å². The van der Waals surface area contributed by atoms with Crippen LogP contribution in [0.5, 0.6) is 0 Å². The SMILES string of the molecule is O=C(Nc1cc(Cl)cc(Cl)c1)c1n[nH]c(=O)c2ccccc12. The van der Waals surface area contributed by atoms with Crippen molar-refractivity contribution in [3.05, 3.63) is 68.6 Å². The van der Waals surface area contributed by atoms with E-state index in [0.29, 0.717) is 26.5 Å². The van der Waals surface area contributed by atoms with Crippen molar-refractivity contribution in [3.8, 4) is 0 Å². The third kappa shape index (κ3) is 2.81. The van der Waals surface area contributed by atoms with Crippen molar-refractivity contribution in [1.82, 2.24) is 10.2 Å². The number of hydrogen-bond donors (Lipinski definition) is 2. The van der Waals surface area contributed by atoms with Gasteiger partial charge in [0.2, 0.25) is 0 Å². The van der Waals surface area contributed by atoms with E-state index < -0.39 is 5.91 Å². The zero-order valence-electron chi connectivity index (χ0n) is 11.1. The Bertz CT molecular complexity index is 917. The molecule has 22 heavy (non-hydrogen) atoms. The molecule has 1 heterocycles. The first-order chi connectivity index (χ1) is 10.5. The number of halogens is 2. The van der Waals surface area contributed by atoms with E-state index in [9.17, 15) is 9.59 Å². The molecule has 0 fully saturated rings. The Morgan fingerprint density at radius 1 is 1.05 bits per heavy atom. The summed E-state index contributed by atoms with van der Waals surface area (Å²) in [5.74, 6) is -0.467. The highest BCUT2D eigenvalue weighted by molar-refractivity contribution is 6.35. The van der Waals surface area contributed by atoms with E-state index in [1.54, 1.807) is 42.5 Å². The number of nitrogens with one attached hydrogen (secondary N) is 2. The van der Waals surface area contributed by atoms with Gasteiger partial charge in [0, 0.05) is 21.1 Å². The van der Waals surface area contributed by atoms with Gasteiger partial charge in [0.05, 0.1) is 5.39 Å². The van der Waals surface area contributed by atoms with E-state index in [1.807, 2.05) is 0 Å². The summed E-state index contributed by atoms with van der Waals surface area (Å²) < 4.78 is 0. The molecule has 0 atom stereocenters. The van der Waals surface area contributed by atoms with Gasteiger partial charge in [0.25, 0.3) is 11.5 Å². The number of carbonyl (C=O) groups excluding carboxylic acids is 1. The van der Waals surface area contributed by atoms with Crippen molar-refractivity contribution in [1.29, 1.82) is 0 Å². The van der Waals surface area contributed by atoms with E-state index in [-0.39, 0.29) is 11.3 Å². The molecule has 1 amide bonds. The summed E-state index contributed by atoms with van der Waals surface area (Å²) in [6.45, 7) is 0. The van der Waals surface area contributed by atoms with Gasteiger partial charge in [-0.3, -0.25) is 9.59 Å². The first-order valence-electron chi connectivity index (χ1n) is 6.29. The Morgan fingerprint density at radius 2 is 1.68 bits per heavy atom. The maximum atomic E-state index is 12.4. The van der Waals surface area contributed by atoms with Crippen LogP contribution >= 0.6 is 23.2 Å². The maximum Gasteiger partial charge on any atom is 0.276 e. The summed E-state index contributed by atoms with van der Waals surface area (Å²) in [4.78, 5) is 24.1. The smallest absolute Gasteiger partial charge is 0.276 e. The van der Waals surface area contributed by atoms with Crippen molar-refractivity contribution in [3.63, 3.8) is 0 Å². The zero-order chi connectivity index (χ0) is 15.7. The molecule has 7 heteroatoms. The van der Waals surface area contributed by atoms with E-state index in [1.165, 1.54) is 0 Å². The number of anilines is 1. The minimum absolute atomic E-state index is 0.117. The molecule has 0 aliphatic carbocycles. The van der Waals surface area contributed by atoms with Gasteiger partial charge < -0.3 is 5.32 Å². The molecule has 0 aliphatic rings. The van der Waals surface area contributed by atoms with Crippen molar-refractivity contribution >= 4 is 45.6 Å². The summed E-state index contributed by atoms with van der Waals surface area (Å²) in [6.07, 6.45) is 0. The van der Waals surface area contributed by atoms with Crippen LogP contribution < -0.4 is 10.9 Å². The third-order valence-electron chi connectivity index (χ3n) is 3.03. The number of nitrogens with zero attached hydrogens (tertiary/aromatic N) is 1. The standard InChI is InChI=1S/C15H9Cl2N3O2/c16-8-5-9(17)7-10(6-8)18-15(22)13-11-3-1-2-4-12(11)14(21)20-19-13/h1-7H,(H,18,22)(H,20,21). The van der Waals surface area contributed by atoms with Crippen LogP contribution in [0.3, 0.4) is 0 Å². The van der Waals surface area contributed by atoms with Gasteiger partial charge in [-0.05, 0) is 24.3 Å². The number of hydrogen-bond acceptors (Lipinski definition) is 3. The van der Waals surface area contributed by atoms with Gasteiger partial charge in [-0.1, -0.05) is 41.4 Å². The first kappa shape index (κ1) is 14.6. The normalized spacial score (nSPS) is 10.6. The average molecular weight is 334 g/mol. The minimum atomic E-state index is -0.467. The third-order valence-corrected chi connectivity index (χ3v) is 3.47. The largest absolute Gasteiger partial charge is 0.320 e. The van der Waals surface area contributed by atoms with Crippen LogP contribution in [0, 0.1) is 0 Å². The monoisotopic (exact) mass is 333 g/mol. The van der Waals surface area contributed by atoms with Gasteiger partial charge in [-0.25, -0.2) is 5.10 Å². The minimum Gasteiger partial charge on any atom is -0.320 e. The van der Waals surface area contributed by atoms with Crippen molar-refractivity contribution < 1.29 is 4.79 Å². The number of rotatable bonds is 2. The molecule has 0 saturated carbocycles. The number of amides is 1. The summed E-state index contributed by atoms with van der Waals surface area (Å²) in [6, 6.07) is 11.4. The molecule has 0 bridgehead atoms. The maximum absolute atomic E-state index is 12.4. The second kappa shape index (κ2) is 5.79. The highest BCUT2D eigenvalue weighted by atomic mass is 35.5. The molecule has 1 aromatic heterocycles. The molecule has 110 valence electrons. The lowest BCUT2D eigenvalue weighted by molar-refractivity contribution is 0.102. The Hall–Kier alpha value is -2.37. The Kier molecular flexibility index (Phi) is 3.83. The van der Waals surface area contributed by atoms with Crippen molar-refractivity contribution in [2.24, 2.45) is 0 Å². The fourth-order valence-corrected chi connectivity index (χ4v) is 2.63. The second-order valence-electron chi connectivity index (χ2n) is 4.56. The van der Waals surface area contributed by atoms with Crippen LogP contribution in [0.2, 0.25) is 10.0 Å². The van der Waals surface area contributed by atoms with Gasteiger partial charge in [-0.2, -0.15) is 5.10 Å². The van der Waals surface area contributed by atoms with Crippen molar-refractivity contribution in [2.75, 3.05) is 5.32 Å². The second-order valence-corrected chi connectivity index (χ2v) is 5.43. The van der Waals surface area contributed by atoms with E-state index in [4.69, 9.17) is 23.2 Å². The Balaban J connectivity index is 2.03. The fourth-order valence-electron chi connectivity index (χ4n) is 2.10. The number of aromatic nitrogens is 2. The van der Waals surface area contributed by atoms with Crippen LogP contribution in [0.25, 0.3) is 10.8 Å². The molecule has 0 spiro atoms. The Morgan fingerprint density at radius 3 is 2.36 bits per heavy atom. The van der Waals surface area contributed by atoms with Crippen LogP contribution in [-0.2, 0) is 0 Å². The predicted molar refractivity (Wildman–Crippen MR) is 86.8 cm³/mol. The van der Waals surface area contributed by atoms with Crippen LogP contribution in [0.1, 0.15) is 10.5 Å². The molecule has 3 rings (SSSR count). The number of benzene rings is 2. The zero-order valence-corrected chi connectivity index (χ0v) is 12.6. The number of aromatic amines is 1. The number of carbonyl (C=O) groups is 1. The van der Waals surface area contributed by atoms with Gasteiger partial charge in [-0.15, -0.1) is 0 Å². The van der Waals surface area contributed by atoms with Crippen molar-refractivity contribution in [2.45, 2.75) is 0 Å². The van der Waals surface area contributed by atoms with E-state index in [2.05, 4.69) is 15.5 Å². The summed E-state index contributed by atoms with van der Waals surface area (Å²) in [5, 5.41) is 10.5. The summed E-state index contributed by atoms with van der Waals surface area (Å²) >= 11 is 11.8. The molecule has 0 unspecified atom stereocenters. The molecule has 0 saturated heterocycles. The topological polar surface area (TPSA) is 74.8 Å². The van der Waals surface area contributed by atoms with E-state index >= 15 is 0 Å². The molecule has 5 nitrogen and oxygen atoms in total. The predicted octanol–water partition coefficient (Wildman–Crippen LogP) is 3.48. The lowest BCUT2D eigenvalue weighted by Crippen LogP contribution is -2.19. The average Bonchev–Trinajstić information content (AvgIpc) is 2.46. The van der Waals surface area contributed by atoms with Crippen LogP contribution in [-0.4, -0.2) is 16.1 Å². The first-order valence-corrected chi connectivity index (χ1v) is 7.05. The Labute approximate surface area is 134 Å². The van der Waals surface area contributed by atoms with Gasteiger partial charge in [0.15, 0.2) is 5.69 Å². The lowest BCUT2D eigenvalue weighted by atomic mass is 10.1. The molecule has 0 radical (unpaired) electrons. The summed E-state index contributed by atoms with van der Waals surface area (Å²) in [5.41, 5.74) is 0.212. The highest BCUT2D eigenvalue weighted by Gasteiger charge is 2.14. The van der Waals surface area contributed by atoms with E-state index in [0.717, 1.165) is 0 Å². The molecular formula is C15H9Cl2N3O2. The number of H-pyrrole nitrogens is 1. The molecule has 2 N–H and O–H groups in total. The molecule has 2 aromatic carbocycles. The van der Waals surface area contributed by atoms with Gasteiger partial charge in [0.1, 0.15) is 0 Å². The summed E-state index contributed by atoms with van der Waals surface area (Å²) in [7, 11) is 0. The van der Waals surface area contributed by atoms with Crippen LogP contribution in [0.15, 0.2) is 47.3 Å². The fraction of sp³-hybridized carbons (Fsp3) is 0.